The summed E-state index contributed by atoms with van der Waals surface area (Å²) < 4.78 is 0. The number of nitrogens with zero attached hydrogens (tertiary/aromatic N) is 1. The van der Waals surface area contributed by atoms with Crippen LogP contribution in [0.15, 0.2) is 47.4 Å². The number of amides is 1. The monoisotopic (exact) mass is 290 g/mol. The fourth-order valence-corrected chi connectivity index (χ4v) is 2.05. The maximum absolute atomic E-state index is 12.3. The van der Waals surface area contributed by atoms with Gasteiger partial charge in [-0.25, -0.2) is 0 Å². The van der Waals surface area contributed by atoms with E-state index in [2.05, 4.69) is 4.98 Å². The van der Waals surface area contributed by atoms with Crippen molar-refractivity contribution in [2.45, 2.75) is 13.0 Å². The average molecular weight is 291 g/mol. The van der Waals surface area contributed by atoms with E-state index in [1.54, 1.807) is 25.2 Å². The Morgan fingerprint density at radius 1 is 1.25 bits per heavy atom. The number of halogens is 1. The highest BCUT2D eigenvalue weighted by molar-refractivity contribution is 6.30. The quantitative estimate of drug-likeness (QED) is 0.945. The molecule has 0 bridgehead atoms. The molecule has 0 aliphatic carbocycles. The Morgan fingerprint density at radius 2 is 1.90 bits per heavy atom. The first-order valence-corrected chi connectivity index (χ1v) is 6.59. The van der Waals surface area contributed by atoms with E-state index in [9.17, 15) is 9.59 Å². The van der Waals surface area contributed by atoms with Crippen LogP contribution in [0, 0.1) is 0 Å². The van der Waals surface area contributed by atoms with Crippen LogP contribution in [0.3, 0.4) is 0 Å². The molecule has 0 aliphatic heterocycles. The molecule has 4 nitrogen and oxygen atoms in total. The Kier molecular flexibility index (Phi) is 4.25. The summed E-state index contributed by atoms with van der Waals surface area (Å²) >= 11 is 5.85. The number of carbonyl (C=O) groups is 1. The molecule has 1 heterocycles. The van der Waals surface area contributed by atoms with Gasteiger partial charge in [0.25, 0.3) is 11.5 Å². The molecular weight excluding hydrogens is 276 g/mol. The Bertz CT molecular complexity index is 664. The van der Waals surface area contributed by atoms with Crippen molar-refractivity contribution in [2.75, 3.05) is 7.05 Å². The van der Waals surface area contributed by atoms with E-state index in [-0.39, 0.29) is 23.1 Å². The maximum atomic E-state index is 12.3. The zero-order valence-corrected chi connectivity index (χ0v) is 12.0. The van der Waals surface area contributed by atoms with Crippen LogP contribution in [0.4, 0.5) is 0 Å². The normalized spacial score (nSPS) is 11.9. The molecule has 1 aromatic heterocycles. The molecule has 104 valence electrons. The third-order valence-corrected chi connectivity index (χ3v) is 3.55. The van der Waals surface area contributed by atoms with Gasteiger partial charge in [0.2, 0.25) is 0 Å². The summed E-state index contributed by atoms with van der Waals surface area (Å²) in [5.74, 6) is -0.311. The molecule has 20 heavy (non-hydrogen) atoms. The van der Waals surface area contributed by atoms with Gasteiger partial charge in [0.1, 0.15) is 5.56 Å². The van der Waals surface area contributed by atoms with Crippen LogP contribution in [0.5, 0.6) is 0 Å². The first-order chi connectivity index (χ1) is 9.50. The lowest BCUT2D eigenvalue weighted by Crippen LogP contribution is -2.33. The van der Waals surface area contributed by atoms with Gasteiger partial charge in [-0.2, -0.15) is 0 Å². The molecule has 2 aromatic rings. The second kappa shape index (κ2) is 5.92. The van der Waals surface area contributed by atoms with E-state index in [0.29, 0.717) is 5.02 Å². The minimum atomic E-state index is -0.382. The second-order valence-electron chi connectivity index (χ2n) is 4.56. The lowest BCUT2D eigenvalue weighted by atomic mass is 10.1. The highest BCUT2D eigenvalue weighted by Crippen LogP contribution is 2.21. The standard InChI is InChI=1S/C15H15ClN2O2/c1-10(11-5-7-12(16)8-6-11)18(2)15(20)13-4-3-9-17-14(13)19/h3-10H,1-2H3,(H,17,19)/t10-/m1/s1. The van der Waals surface area contributed by atoms with E-state index >= 15 is 0 Å². The molecule has 1 N–H and O–H groups in total. The SMILES string of the molecule is C[C@H](c1ccc(Cl)cc1)N(C)C(=O)c1ccc[nH]c1=O. The van der Waals surface area contributed by atoms with Gasteiger partial charge in [-0.15, -0.1) is 0 Å². The van der Waals surface area contributed by atoms with Crippen LogP contribution in [0.1, 0.15) is 28.9 Å². The maximum Gasteiger partial charge on any atom is 0.260 e. The predicted molar refractivity (Wildman–Crippen MR) is 79.0 cm³/mol. The highest BCUT2D eigenvalue weighted by Gasteiger charge is 2.20. The largest absolute Gasteiger partial charge is 0.335 e. The van der Waals surface area contributed by atoms with Crippen molar-refractivity contribution in [1.82, 2.24) is 9.88 Å². The van der Waals surface area contributed by atoms with Crippen LogP contribution in [-0.2, 0) is 0 Å². The molecule has 5 heteroatoms. The summed E-state index contributed by atoms with van der Waals surface area (Å²) in [6, 6.07) is 10.3. The number of hydrogen-bond acceptors (Lipinski definition) is 2. The average Bonchev–Trinajstić information content (AvgIpc) is 2.46. The summed E-state index contributed by atoms with van der Waals surface area (Å²) in [5.41, 5.74) is 0.709. The summed E-state index contributed by atoms with van der Waals surface area (Å²) in [6.07, 6.45) is 1.50. The minimum Gasteiger partial charge on any atom is -0.335 e. The number of rotatable bonds is 3. The second-order valence-corrected chi connectivity index (χ2v) is 4.99. The first-order valence-electron chi connectivity index (χ1n) is 6.21. The predicted octanol–water partition coefficient (Wildman–Crippen LogP) is 2.86. The third kappa shape index (κ3) is 2.91. The van der Waals surface area contributed by atoms with Crippen molar-refractivity contribution in [3.63, 3.8) is 0 Å². The summed E-state index contributed by atoms with van der Waals surface area (Å²) in [4.78, 5) is 28.0. The van der Waals surface area contributed by atoms with Gasteiger partial charge in [-0.3, -0.25) is 9.59 Å². The summed E-state index contributed by atoms with van der Waals surface area (Å²) in [7, 11) is 1.67. The zero-order chi connectivity index (χ0) is 14.7. The Hall–Kier alpha value is -2.07. The van der Waals surface area contributed by atoms with Crippen LogP contribution >= 0.6 is 11.6 Å². The van der Waals surface area contributed by atoms with Gasteiger partial charge in [0.05, 0.1) is 6.04 Å². The summed E-state index contributed by atoms with van der Waals surface area (Å²) in [6.45, 7) is 1.90. The number of H-pyrrole nitrogens is 1. The first kappa shape index (κ1) is 14.3. The van der Waals surface area contributed by atoms with Gasteiger partial charge in [-0.05, 0) is 36.8 Å². The van der Waals surface area contributed by atoms with Crippen molar-refractivity contribution < 1.29 is 4.79 Å². The van der Waals surface area contributed by atoms with Gasteiger partial charge in [0, 0.05) is 18.3 Å². The van der Waals surface area contributed by atoms with E-state index in [1.807, 2.05) is 19.1 Å². The lowest BCUT2D eigenvalue weighted by molar-refractivity contribution is 0.0741. The smallest absolute Gasteiger partial charge is 0.260 e. The minimum absolute atomic E-state index is 0.135. The van der Waals surface area contributed by atoms with Crippen LogP contribution < -0.4 is 5.56 Å². The number of benzene rings is 1. The third-order valence-electron chi connectivity index (χ3n) is 3.30. The van der Waals surface area contributed by atoms with Crippen molar-refractivity contribution >= 4 is 17.5 Å². The molecule has 1 atom stereocenters. The van der Waals surface area contributed by atoms with Crippen LogP contribution in [0.2, 0.25) is 5.02 Å². The number of pyridine rings is 1. The van der Waals surface area contributed by atoms with E-state index in [4.69, 9.17) is 11.6 Å². The van der Waals surface area contributed by atoms with Crippen LogP contribution in [0.25, 0.3) is 0 Å². The van der Waals surface area contributed by atoms with Crippen LogP contribution in [-0.4, -0.2) is 22.8 Å². The fourth-order valence-electron chi connectivity index (χ4n) is 1.92. The fraction of sp³-hybridized carbons (Fsp3) is 0.200. The molecular formula is C15H15ClN2O2. The Balaban J connectivity index is 2.25. The van der Waals surface area contributed by atoms with Gasteiger partial charge in [-0.1, -0.05) is 23.7 Å². The van der Waals surface area contributed by atoms with E-state index < -0.39 is 0 Å². The number of hydrogen-bond donors (Lipinski definition) is 1. The highest BCUT2D eigenvalue weighted by atomic mass is 35.5. The molecule has 0 radical (unpaired) electrons. The molecule has 0 fully saturated rings. The van der Waals surface area contributed by atoms with E-state index in [0.717, 1.165) is 5.56 Å². The van der Waals surface area contributed by atoms with Gasteiger partial charge >= 0.3 is 0 Å². The molecule has 0 saturated heterocycles. The number of aromatic nitrogens is 1. The molecule has 0 aliphatic rings. The number of aromatic amines is 1. The number of nitrogens with one attached hydrogen (secondary N) is 1. The van der Waals surface area contributed by atoms with Crippen molar-refractivity contribution in [3.05, 3.63) is 69.1 Å². The molecule has 0 spiro atoms. The Labute approximate surface area is 122 Å². The van der Waals surface area contributed by atoms with Gasteiger partial charge < -0.3 is 9.88 Å². The van der Waals surface area contributed by atoms with Crippen molar-refractivity contribution in [1.29, 1.82) is 0 Å². The van der Waals surface area contributed by atoms with Crippen molar-refractivity contribution in [3.8, 4) is 0 Å². The van der Waals surface area contributed by atoms with Crippen molar-refractivity contribution in [2.24, 2.45) is 0 Å². The molecule has 1 aromatic carbocycles. The number of carbonyl (C=O) groups excluding carboxylic acids is 1. The molecule has 0 saturated carbocycles. The van der Waals surface area contributed by atoms with E-state index in [1.165, 1.54) is 17.2 Å². The Morgan fingerprint density at radius 3 is 2.50 bits per heavy atom. The van der Waals surface area contributed by atoms with Gasteiger partial charge in [0.15, 0.2) is 0 Å². The summed E-state index contributed by atoms with van der Waals surface area (Å²) in [5, 5.41) is 0.648. The zero-order valence-electron chi connectivity index (χ0n) is 11.3. The topological polar surface area (TPSA) is 53.2 Å². The molecule has 2 rings (SSSR count). The molecule has 1 amide bonds. The lowest BCUT2D eigenvalue weighted by Gasteiger charge is -2.25. The molecule has 0 unspecified atom stereocenters.